The molecule has 0 aromatic carbocycles. The molecular weight excluding hydrogens is 320 g/mol. The fourth-order valence-electron chi connectivity index (χ4n) is 7.22. The summed E-state index contributed by atoms with van der Waals surface area (Å²) in [6, 6.07) is 1.92. The van der Waals surface area contributed by atoms with Gasteiger partial charge in [-0.05, 0) is 50.4 Å². The van der Waals surface area contributed by atoms with Crippen molar-refractivity contribution in [2.75, 3.05) is 0 Å². The maximum Gasteiger partial charge on any atom is 0.106 e. The van der Waals surface area contributed by atoms with E-state index < -0.39 is 0 Å². The predicted molar refractivity (Wildman–Crippen MR) is 106 cm³/mol. The third kappa shape index (κ3) is 3.12. The Morgan fingerprint density at radius 1 is 0.731 bits per heavy atom. The number of rotatable bonds is 2. The molecule has 3 heteroatoms. The minimum atomic E-state index is -0.139. The summed E-state index contributed by atoms with van der Waals surface area (Å²) in [6.07, 6.45) is 20.0. The van der Waals surface area contributed by atoms with Crippen LogP contribution < -0.4 is 0 Å². The second kappa shape index (κ2) is 7.45. The SMILES string of the molecule is OC1CC2CCCCC2CC1C1=NC2CCCCC2N1C1CCCCC1. The molecule has 3 nitrogen and oxygen atoms in total. The highest BCUT2D eigenvalue weighted by atomic mass is 16.3. The summed E-state index contributed by atoms with van der Waals surface area (Å²) in [5.74, 6) is 3.35. The molecule has 0 aromatic rings. The van der Waals surface area contributed by atoms with Gasteiger partial charge in [-0.15, -0.1) is 0 Å². The summed E-state index contributed by atoms with van der Waals surface area (Å²) in [5, 5.41) is 11.1. The highest BCUT2D eigenvalue weighted by molar-refractivity contribution is 5.88. The maximum atomic E-state index is 11.1. The summed E-state index contributed by atoms with van der Waals surface area (Å²) in [7, 11) is 0. The normalized spacial score (nSPS) is 44.3. The van der Waals surface area contributed by atoms with Crippen molar-refractivity contribution in [3.05, 3.63) is 0 Å². The van der Waals surface area contributed by atoms with Gasteiger partial charge in [0.15, 0.2) is 0 Å². The van der Waals surface area contributed by atoms with E-state index in [9.17, 15) is 5.11 Å². The molecular formula is C23H38N2O. The molecule has 4 aliphatic carbocycles. The van der Waals surface area contributed by atoms with Crippen LogP contribution >= 0.6 is 0 Å². The Morgan fingerprint density at radius 3 is 2.19 bits per heavy atom. The van der Waals surface area contributed by atoms with Gasteiger partial charge in [0.2, 0.25) is 0 Å². The van der Waals surface area contributed by atoms with E-state index in [0.29, 0.717) is 24.0 Å². The molecule has 5 rings (SSSR count). The summed E-state index contributed by atoms with van der Waals surface area (Å²) in [4.78, 5) is 8.17. The molecule has 6 unspecified atom stereocenters. The molecule has 4 saturated carbocycles. The van der Waals surface area contributed by atoms with Crippen LogP contribution in [0.4, 0.5) is 0 Å². The van der Waals surface area contributed by atoms with Crippen LogP contribution in [0.25, 0.3) is 0 Å². The van der Waals surface area contributed by atoms with Crippen LogP contribution in [0, 0.1) is 17.8 Å². The van der Waals surface area contributed by atoms with Gasteiger partial charge in [-0.1, -0.05) is 57.8 Å². The Labute approximate surface area is 159 Å². The Bertz CT molecular complexity index is 526. The standard InChI is InChI=1S/C23H38N2O/c26-22-15-17-9-5-4-8-16(17)14-19(22)23-24-20-12-6-7-13-21(20)25(23)18-10-2-1-3-11-18/h16-22,26H,1-15H2. The largest absolute Gasteiger partial charge is 0.392 e. The molecule has 0 aromatic heterocycles. The lowest BCUT2D eigenvalue weighted by Gasteiger charge is -2.46. The summed E-state index contributed by atoms with van der Waals surface area (Å²) < 4.78 is 0. The van der Waals surface area contributed by atoms with Gasteiger partial charge in [-0.3, -0.25) is 4.99 Å². The second-order valence-corrected chi connectivity index (χ2v) is 10.1. The number of nitrogens with zero attached hydrogens (tertiary/aromatic N) is 2. The van der Waals surface area contributed by atoms with Gasteiger partial charge in [0.1, 0.15) is 5.84 Å². The van der Waals surface area contributed by atoms with Gasteiger partial charge >= 0.3 is 0 Å². The molecule has 1 N–H and O–H groups in total. The van der Waals surface area contributed by atoms with Crippen LogP contribution in [0.2, 0.25) is 0 Å². The van der Waals surface area contributed by atoms with E-state index in [4.69, 9.17) is 4.99 Å². The smallest absolute Gasteiger partial charge is 0.106 e. The molecule has 1 heterocycles. The van der Waals surface area contributed by atoms with Crippen LogP contribution in [-0.2, 0) is 0 Å². The molecule has 5 aliphatic rings. The number of aliphatic imine (C=N–C) groups is 1. The zero-order valence-corrected chi connectivity index (χ0v) is 16.5. The van der Waals surface area contributed by atoms with Gasteiger partial charge < -0.3 is 10.0 Å². The number of aliphatic hydroxyl groups is 1. The Balaban J connectivity index is 1.40. The Morgan fingerprint density at radius 2 is 1.38 bits per heavy atom. The predicted octanol–water partition coefficient (Wildman–Crippen LogP) is 4.92. The molecule has 0 radical (unpaired) electrons. The molecule has 0 spiro atoms. The summed E-state index contributed by atoms with van der Waals surface area (Å²) in [5.41, 5.74) is 0. The number of hydrogen-bond acceptors (Lipinski definition) is 3. The fourth-order valence-corrected chi connectivity index (χ4v) is 7.22. The molecule has 0 bridgehead atoms. The van der Waals surface area contributed by atoms with Crippen LogP contribution in [0.3, 0.4) is 0 Å². The lowest BCUT2D eigenvalue weighted by molar-refractivity contribution is 0.0183. The Hall–Kier alpha value is -0.570. The van der Waals surface area contributed by atoms with Gasteiger partial charge in [0, 0.05) is 12.0 Å². The third-order valence-corrected chi connectivity index (χ3v) is 8.55. The summed E-state index contributed by atoms with van der Waals surface area (Å²) >= 11 is 0. The fraction of sp³-hybridized carbons (Fsp3) is 0.957. The number of hydrogen-bond donors (Lipinski definition) is 1. The molecule has 6 atom stereocenters. The highest BCUT2D eigenvalue weighted by Crippen LogP contribution is 2.46. The van der Waals surface area contributed by atoms with Crippen molar-refractivity contribution >= 4 is 5.84 Å². The molecule has 0 saturated heterocycles. The van der Waals surface area contributed by atoms with E-state index in [-0.39, 0.29) is 6.10 Å². The maximum absolute atomic E-state index is 11.1. The van der Waals surface area contributed by atoms with Gasteiger partial charge in [-0.2, -0.15) is 0 Å². The van der Waals surface area contributed by atoms with E-state index in [2.05, 4.69) is 4.90 Å². The first kappa shape index (κ1) is 17.5. The van der Waals surface area contributed by atoms with Gasteiger partial charge in [-0.25, -0.2) is 0 Å². The van der Waals surface area contributed by atoms with Gasteiger partial charge in [0.25, 0.3) is 0 Å². The van der Waals surface area contributed by atoms with Crippen LogP contribution in [0.1, 0.15) is 96.3 Å². The van der Waals surface area contributed by atoms with Crippen LogP contribution in [0.15, 0.2) is 4.99 Å². The van der Waals surface area contributed by atoms with Crippen molar-refractivity contribution in [2.45, 2.75) is 121 Å². The summed E-state index contributed by atoms with van der Waals surface area (Å²) in [6.45, 7) is 0. The van der Waals surface area contributed by atoms with Crippen molar-refractivity contribution in [1.29, 1.82) is 0 Å². The van der Waals surface area contributed by atoms with Crippen LogP contribution in [-0.4, -0.2) is 40.1 Å². The van der Waals surface area contributed by atoms with E-state index in [0.717, 1.165) is 18.3 Å². The minimum absolute atomic E-state index is 0.139. The van der Waals surface area contributed by atoms with Crippen LogP contribution in [0.5, 0.6) is 0 Å². The van der Waals surface area contributed by atoms with Crippen molar-refractivity contribution in [1.82, 2.24) is 4.90 Å². The quantitative estimate of drug-likeness (QED) is 0.760. The first-order valence-electron chi connectivity index (χ1n) is 11.9. The molecule has 146 valence electrons. The van der Waals surface area contributed by atoms with Gasteiger partial charge in [0.05, 0.1) is 18.2 Å². The zero-order valence-electron chi connectivity index (χ0n) is 16.5. The van der Waals surface area contributed by atoms with Crippen molar-refractivity contribution in [2.24, 2.45) is 22.7 Å². The average molecular weight is 359 g/mol. The van der Waals surface area contributed by atoms with E-state index >= 15 is 0 Å². The van der Waals surface area contributed by atoms with Crippen molar-refractivity contribution in [3.8, 4) is 0 Å². The first-order valence-corrected chi connectivity index (χ1v) is 11.9. The van der Waals surface area contributed by atoms with E-state index in [1.807, 2.05) is 0 Å². The average Bonchev–Trinajstić information content (AvgIpc) is 3.07. The first-order chi connectivity index (χ1) is 12.8. The molecule has 26 heavy (non-hydrogen) atoms. The lowest BCUT2D eigenvalue weighted by atomic mass is 9.66. The van der Waals surface area contributed by atoms with E-state index in [1.54, 1.807) is 0 Å². The second-order valence-electron chi connectivity index (χ2n) is 10.1. The molecule has 4 fully saturated rings. The van der Waals surface area contributed by atoms with Crippen molar-refractivity contribution < 1.29 is 5.11 Å². The van der Waals surface area contributed by atoms with Crippen molar-refractivity contribution in [3.63, 3.8) is 0 Å². The molecule has 0 amide bonds. The Kier molecular flexibility index (Phi) is 5.02. The highest BCUT2D eigenvalue weighted by Gasteiger charge is 2.47. The van der Waals surface area contributed by atoms with E-state index in [1.165, 1.54) is 95.7 Å². The lowest BCUT2D eigenvalue weighted by Crippen LogP contribution is -2.53. The topological polar surface area (TPSA) is 35.8 Å². The molecule has 1 aliphatic heterocycles. The number of amidine groups is 1. The third-order valence-electron chi connectivity index (χ3n) is 8.55. The zero-order chi connectivity index (χ0) is 17.5. The minimum Gasteiger partial charge on any atom is -0.392 e. The number of aliphatic hydroxyl groups excluding tert-OH is 1. The monoisotopic (exact) mass is 358 g/mol. The number of fused-ring (bicyclic) bond motifs is 2.